The second-order valence-corrected chi connectivity index (χ2v) is 7.23. The highest BCUT2D eigenvalue weighted by Gasteiger charge is 2.31. The van der Waals surface area contributed by atoms with E-state index in [-0.39, 0.29) is 5.91 Å². The third-order valence-corrected chi connectivity index (χ3v) is 5.54. The number of carbonyl (C=O) groups excluding carboxylic acids is 1. The van der Waals surface area contributed by atoms with Gasteiger partial charge in [-0.25, -0.2) is 0 Å². The molecule has 1 aromatic carbocycles. The van der Waals surface area contributed by atoms with Crippen LogP contribution in [0.1, 0.15) is 35.0 Å². The summed E-state index contributed by atoms with van der Waals surface area (Å²) in [6.07, 6.45) is 3.65. The molecule has 4 rings (SSSR count). The Morgan fingerprint density at radius 3 is 2.96 bits per heavy atom. The van der Waals surface area contributed by atoms with E-state index in [0.717, 1.165) is 31.5 Å². The standard InChI is InChI=1S/C20H25N3O2/c1-14-10-16-4-2-3-5-18(16)23(14)13-17-7-9-25-19(17)20(24)22-8-6-15(11-21)12-22/h2-5,7,9,14-15H,6,8,10-13,21H2,1H3. The Kier molecular flexibility index (Phi) is 4.25. The molecule has 1 saturated heterocycles. The molecule has 0 radical (unpaired) electrons. The van der Waals surface area contributed by atoms with Crippen LogP contribution in [-0.4, -0.2) is 36.5 Å². The molecular formula is C20H25N3O2. The summed E-state index contributed by atoms with van der Waals surface area (Å²) in [6, 6.07) is 10.9. The van der Waals surface area contributed by atoms with Crippen LogP contribution < -0.4 is 10.6 Å². The Bertz CT molecular complexity index is 770. The molecule has 5 heteroatoms. The van der Waals surface area contributed by atoms with Crippen molar-refractivity contribution in [1.29, 1.82) is 0 Å². The second-order valence-electron chi connectivity index (χ2n) is 7.23. The van der Waals surface area contributed by atoms with Gasteiger partial charge in [0, 0.05) is 36.9 Å². The van der Waals surface area contributed by atoms with Crippen molar-refractivity contribution in [1.82, 2.24) is 4.90 Å². The van der Waals surface area contributed by atoms with Crippen molar-refractivity contribution >= 4 is 11.6 Å². The average molecular weight is 339 g/mol. The molecular weight excluding hydrogens is 314 g/mol. The van der Waals surface area contributed by atoms with E-state index in [2.05, 4.69) is 36.1 Å². The van der Waals surface area contributed by atoms with Crippen molar-refractivity contribution in [2.24, 2.45) is 11.7 Å². The summed E-state index contributed by atoms with van der Waals surface area (Å²) in [4.78, 5) is 17.1. The number of furan rings is 1. The van der Waals surface area contributed by atoms with Crippen LogP contribution in [0.3, 0.4) is 0 Å². The molecule has 0 bridgehead atoms. The minimum Gasteiger partial charge on any atom is -0.459 e. The van der Waals surface area contributed by atoms with Crippen LogP contribution in [0.2, 0.25) is 0 Å². The number of fused-ring (bicyclic) bond motifs is 1. The third kappa shape index (κ3) is 2.93. The molecule has 1 fully saturated rings. The van der Waals surface area contributed by atoms with Gasteiger partial charge in [-0.3, -0.25) is 4.79 Å². The Morgan fingerprint density at radius 2 is 2.16 bits per heavy atom. The van der Waals surface area contributed by atoms with Crippen LogP contribution in [0.15, 0.2) is 41.0 Å². The van der Waals surface area contributed by atoms with Gasteiger partial charge in [0.15, 0.2) is 5.76 Å². The molecule has 5 nitrogen and oxygen atoms in total. The summed E-state index contributed by atoms with van der Waals surface area (Å²) in [5.74, 6) is 0.887. The molecule has 1 aromatic heterocycles. The zero-order valence-electron chi connectivity index (χ0n) is 14.6. The van der Waals surface area contributed by atoms with E-state index in [0.29, 0.717) is 30.8 Å². The van der Waals surface area contributed by atoms with Crippen LogP contribution in [0.25, 0.3) is 0 Å². The SMILES string of the molecule is CC1Cc2ccccc2N1Cc1ccoc1C(=O)N1CCC(CN)C1. The number of likely N-dealkylation sites (tertiary alicyclic amines) is 1. The van der Waals surface area contributed by atoms with Gasteiger partial charge >= 0.3 is 0 Å². The molecule has 0 aliphatic carbocycles. The molecule has 2 unspecified atom stereocenters. The zero-order valence-corrected chi connectivity index (χ0v) is 14.6. The summed E-state index contributed by atoms with van der Waals surface area (Å²) in [5, 5.41) is 0. The Balaban J connectivity index is 1.54. The van der Waals surface area contributed by atoms with E-state index in [1.54, 1.807) is 6.26 Å². The van der Waals surface area contributed by atoms with Gasteiger partial charge in [-0.2, -0.15) is 0 Å². The van der Waals surface area contributed by atoms with Crippen molar-refractivity contribution in [2.45, 2.75) is 32.4 Å². The summed E-state index contributed by atoms with van der Waals surface area (Å²) in [7, 11) is 0. The maximum Gasteiger partial charge on any atom is 0.289 e. The van der Waals surface area contributed by atoms with E-state index in [1.165, 1.54) is 11.3 Å². The average Bonchev–Trinajstić information content (AvgIpc) is 3.34. The normalized spacial score (nSPS) is 22.5. The largest absolute Gasteiger partial charge is 0.459 e. The van der Waals surface area contributed by atoms with Gasteiger partial charge in [0.25, 0.3) is 5.91 Å². The molecule has 1 amide bonds. The maximum atomic E-state index is 12.9. The van der Waals surface area contributed by atoms with E-state index >= 15 is 0 Å². The predicted molar refractivity (Wildman–Crippen MR) is 97.6 cm³/mol. The predicted octanol–water partition coefficient (Wildman–Crippen LogP) is 2.65. The number of amides is 1. The highest BCUT2D eigenvalue weighted by molar-refractivity contribution is 5.93. The smallest absolute Gasteiger partial charge is 0.289 e. The fraction of sp³-hybridized carbons (Fsp3) is 0.450. The molecule has 2 N–H and O–H groups in total. The number of hydrogen-bond acceptors (Lipinski definition) is 4. The molecule has 0 spiro atoms. The minimum absolute atomic E-state index is 0.00362. The molecule has 2 atom stereocenters. The second kappa shape index (κ2) is 6.56. The van der Waals surface area contributed by atoms with Crippen molar-refractivity contribution < 1.29 is 9.21 Å². The number of nitrogens with two attached hydrogens (primary N) is 1. The van der Waals surface area contributed by atoms with Crippen LogP contribution in [0, 0.1) is 5.92 Å². The number of benzene rings is 1. The third-order valence-electron chi connectivity index (χ3n) is 5.54. The number of anilines is 1. The number of para-hydroxylation sites is 1. The van der Waals surface area contributed by atoms with E-state index in [4.69, 9.17) is 10.2 Å². The lowest BCUT2D eigenvalue weighted by Crippen LogP contribution is -2.32. The summed E-state index contributed by atoms with van der Waals surface area (Å²) in [5.41, 5.74) is 9.34. The van der Waals surface area contributed by atoms with Crippen molar-refractivity contribution in [3.8, 4) is 0 Å². The molecule has 132 valence electrons. The summed E-state index contributed by atoms with van der Waals surface area (Å²) < 4.78 is 5.59. The lowest BCUT2D eigenvalue weighted by Gasteiger charge is -2.25. The van der Waals surface area contributed by atoms with Gasteiger partial charge in [0.1, 0.15) is 0 Å². The van der Waals surface area contributed by atoms with Crippen LogP contribution in [0.4, 0.5) is 5.69 Å². The Hall–Kier alpha value is -2.27. The lowest BCUT2D eigenvalue weighted by atomic mass is 10.1. The fourth-order valence-corrected chi connectivity index (χ4v) is 4.05. The van der Waals surface area contributed by atoms with Gasteiger partial charge in [0.2, 0.25) is 0 Å². The number of carbonyl (C=O) groups is 1. The molecule has 2 aliphatic heterocycles. The van der Waals surface area contributed by atoms with Gasteiger partial charge in [-0.05, 0) is 49.9 Å². The van der Waals surface area contributed by atoms with Crippen LogP contribution in [-0.2, 0) is 13.0 Å². The Morgan fingerprint density at radius 1 is 1.32 bits per heavy atom. The van der Waals surface area contributed by atoms with Gasteiger partial charge in [-0.15, -0.1) is 0 Å². The zero-order chi connectivity index (χ0) is 17.4. The highest BCUT2D eigenvalue weighted by atomic mass is 16.3. The number of hydrogen-bond donors (Lipinski definition) is 1. The lowest BCUT2D eigenvalue weighted by molar-refractivity contribution is 0.0754. The number of rotatable bonds is 4. The quantitative estimate of drug-likeness (QED) is 0.930. The monoisotopic (exact) mass is 339 g/mol. The molecule has 2 aromatic rings. The maximum absolute atomic E-state index is 12.9. The molecule has 3 heterocycles. The summed E-state index contributed by atoms with van der Waals surface area (Å²) in [6.45, 7) is 5.07. The first-order valence-electron chi connectivity index (χ1n) is 9.07. The highest BCUT2D eigenvalue weighted by Crippen LogP contribution is 2.34. The van der Waals surface area contributed by atoms with Crippen LogP contribution in [0.5, 0.6) is 0 Å². The molecule has 2 aliphatic rings. The van der Waals surface area contributed by atoms with Gasteiger partial charge in [0.05, 0.1) is 6.26 Å². The first-order valence-corrected chi connectivity index (χ1v) is 9.07. The summed E-state index contributed by atoms with van der Waals surface area (Å²) >= 11 is 0. The Labute approximate surface area is 148 Å². The van der Waals surface area contributed by atoms with Gasteiger partial charge < -0.3 is 20.0 Å². The fourth-order valence-electron chi connectivity index (χ4n) is 4.05. The van der Waals surface area contributed by atoms with Crippen molar-refractivity contribution in [2.75, 3.05) is 24.5 Å². The van der Waals surface area contributed by atoms with E-state index in [9.17, 15) is 4.79 Å². The molecule has 0 saturated carbocycles. The van der Waals surface area contributed by atoms with Crippen LogP contribution >= 0.6 is 0 Å². The molecule has 25 heavy (non-hydrogen) atoms. The minimum atomic E-state index is -0.00362. The van der Waals surface area contributed by atoms with Gasteiger partial charge in [-0.1, -0.05) is 18.2 Å². The van der Waals surface area contributed by atoms with Crippen molar-refractivity contribution in [3.05, 3.63) is 53.5 Å². The van der Waals surface area contributed by atoms with E-state index < -0.39 is 0 Å². The first-order chi connectivity index (χ1) is 12.2. The van der Waals surface area contributed by atoms with E-state index in [1.807, 2.05) is 11.0 Å². The topological polar surface area (TPSA) is 62.7 Å². The number of nitrogens with zero attached hydrogens (tertiary/aromatic N) is 2. The first kappa shape index (κ1) is 16.2. The van der Waals surface area contributed by atoms with Crippen molar-refractivity contribution in [3.63, 3.8) is 0 Å².